The number of aromatic nitrogens is 2. The van der Waals surface area contributed by atoms with Crippen LogP contribution < -0.4 is 26.1 Å². The molecule has 2 aromatic rings. The molecule has 0 aliphatic carbocycles. The highest BCUT2D eigenvalue weighted by Crippen LogP contribution is 2.34. The average molecular weight is 485 g/mol. The summed E-state index contributed by atoms with van der Waals surface area (Å²) in [6, 6.07) is 5.22. The van der Waals surface area contributed by atoms with Gasteiger partial charge in [0.05, 0.1) is 6.20 Å². The SMILES string of the molecule is CN(C)CCc1c(ON2C(=O)C(CCCN=C(N)N)Oc3ncncc32)cccc1C(=O)N(C)C. The first-order chi connectivity index (χ1) is 16.7. The number of likely N-dealkylation sites (N-methyl/N-ethyl adjacent to an activating group) is 1. The summed E-state index contributed by atoms with van der Waals surface area (Å²) in [6.07, 6.45) is 3.35. The second-order valence-corrected chi connectivity index (χ2v) is 8.53. The maximum atomic E-state index is 13.4. The number of fused-ring (bicyclic) bond motifs is 1. The van der Waals surface area contributed by atoms with Crippen LogP contribution in [0.25, 0.3) is 0 Å². The van der Waals surface area contributed by atoms with Crippen LogP contribution >= 0.6 is 0 Å². The smallest absolute Gasteiger partial charge is 0.301 e. The number of guanidine groups is 1. The molecule has 12 heteroatoms. The number of aliphatic imine (C=N–C) groups is 1. The molecule has 0 saturated carbocycles. The summed E-state index contributed by atoms with van der Waals surface area (Å²) in [5.41, 5.74) is 12.2. The van der Waals surface area contributed by atoms with E-state index in [0.29, 0.717) is 49.2 Å². The summed E-state index contributed by atoms with van der Waals surface area (Å²) in [5.74, 6) is 0.0331. The van der Waals surface area contributed by atoms with Crippen molar-refractivity contribution in [3.8, 4) is 11.6 Å². The Hall–Kier alpha value is -3.93. The fourth-order valence-corrected chi connectivity index (χ4v) is 3.52. The van der Waals surface area contributed by atoms with Gasteiger partial charge in [0.1, 0.15) is 6.33 Å². The van der Waals surface area contributed by atoms with E-state index in [1.807, 2.05) is 19.0 Å². The molecule has 1 aromatic carbocycles. The molecule has 4 N–H and O–H groups in total. The van der Waals surface area contributed by atoms with Crippen molar-refractivity contribution in [2.24, 2.45) is 16.5 Å². The third-order valence-corrected chi connectivity index (χ3v) is 5.29. The first-order valence-corrected chi connectivity index (χ1v) is 11.2. The Morgan fingerprint density at radius 2 is 2.03 bits per heavy atom. The highest BCUT2D eigenvalue weighted by atomic mass is 16.7. The Morgan fingerprint density at radius 3 is 2.71 bits per heavy atom. The molecule has 1 aromatic heterocycles. The molecule has 2 heterocycles. The first kappa shape index (κ1) is 25.7. The molecular weight excluding hydrogens is 452 g/mol. The number of nitrogens with zero attached hydrogens (tertiary/aromatic N) is 6. The van der Waals surface area contributed by atoms with E-state index in [0.717, 1.165) is 5.06 Å². The van der Waals surface area contributed by atoms with Crippen LogP contribution in [0.1, 0.15) is 28.8 Å². The number of carbonyl (C=O) groups excluding carboxylic acids is 2. The maximum absolute atomic E-state index is 13.4. The Kier molecular flexibility index (Phi) is 8.42. The van der Waals surface area contributed by atoms with E-state index in [4.69, 9.17) is 21.0 Å². The Labute approximate surface area is 204 Å². The largest absolute Gasteiger partial charge is 0.462 e. The van der Waals surface area contributed by atoms with Crippen molar-refractivity contribution < 1.29 is 19.2 Å². The van der Waals surface area contributed by atoms with Crippen molar-refractivity contribution in [3.63, 3.8) is 0 Å². The molecule has 188 valence electrons. The van der Waals surface area contributed by atoms with Crippen LogP contribution in [0.15, 0.2) is 35.7 Å². The molecule has 12 nitrogen and oxygen atoms in total. The summed E-state index contributed by atoms with van der Waals surface area (Å²) < 4.78 is 5.82. The molecule has 1 aliphatic rings. The standard InChI is InChI=1S/C23H32N8O4/c1-29(2)12-10-15-16(21(32)30(3)4)7-5-8-18(15)35-31-17-13-26-14-28-20(17)34-19(22(31)33)9-6-11-27-23(24)25/h5,7-8,13-14,19H,6,9-12H2,1-4H3,(H4,24,25,27). The van der Waals surface area contributed by atoms with Gasteiger partial charge in [-0.1, -0.05) is 6.07 Å². The van der Waals surface area contributed by atoms with Gasteiger partial charge in [0.2, 0.25) is 5.88 Å². The molecular formula is C23H32N8O4. The van der Waals surface area contributed by atoms with Crippen molar-refractivity contribution >= 4 is 23.5 Å². The number of hydrogen-bond donors (Lipinski definition) is 2. The van der Waals surface area contributed by atoms with E-state index in [1.165, 1.54) is 17.4 Å². The highest BCUT2D eigenvalue weighted by molar-refractivity contribution is 5.98. The monoisotopic (exact) mass is 484 g/mol. The van der Waals surface area contributed by atoms with Crippen LogP contribution in [0.5, 0.6) is 11.6 Å². The summed E-state index contributed by atoms with van der Waals surface area (Å²) in [4.78, 5) is 48.1. The minimum Gasteiger partial charge on any atom is -0.462 e. The number of rotatable bonds is 10. The average Bonchev–Trinajstić information content (AvgIpc) is 2.82. The van der Waals surface area contributed by atoms with Gasteiger partial charge in [0.25, 0.3) is 5.91 Å². The predicted molar refractivity (Wildman–Crippen MR) is 131 cm³/mol. The molecule has 1 unspecified atom stereocenters. The second kappa shape index (κ2) is 11.5. The zero-order chi connectivity index (χ0) is 25.5. The minimum atomic E-state index is -0.844. The van der Waals surface area contributed by atoms with Crippen molar-refractivity contribution in [1.29, 1.82) is 0 Å². The fraction of sp³-hybridized carbons (Fsp3) is 0.435. The van der Waals surface area contributed by atoms with E-state index < -0.39 is 12.0 Å². The Balaban J connectivity index is 1.94. The number of anilines is 1. The predicted octanol–water partition coefficient (Wildman–Crippen LogP) is 0.424. The van der Waals surface area contributed by atoms with Crippen molar-refractivity contribution in [2.75, 3.05) is 46.3 Å². The quantitative estimate of drug-likeness (QED) is 0.278. The second-order valence-electron chi connectivity index (χ2n) is 8.53. The van der Waals surface area contributed by atoms with E-state index in [9.17, 15) is 9.59 Å². The number of hydrogen-bond acceptors (Lipinski definition) is 8. The van der Waals surface area contributed by atoms with E-state index in [1.54, 1.807) is 32.3 Å². The van der Waals surface area contributed by atoms with Crippen molar-refractivity contribution in [1.82, 2.24) is 19.8 Å². The van der Waals surface area contributed by atoms with Crippen molar-refractivity contribution in [3.05, 3.63) is 41.9 Å². The van der Waals surface area contributed by atoms with Crippen LogP contribution in [0.2, 0.25) is 0 Å². The molecule has 1 atom stereocenters. The topological polar surface area (TPSA) is 152 Å². The highest BCUT2D eigenvalue weighted by Gasteiger charge is 2.37. The third kappa shape index (κ3) is 6.35. The number of benzene rings is 1. The van der Waals surface area contributed by atoms with E-state index >= 15 is 0 Å². The Morgan fingerprint density at radius 1 is 1.26 bits per heavy atom. The van der Waals surface area contributed by atoms with Crippen LogP contribution in [-0.2, 0) is 11.2 Å². The molecule has 0 spiro atoms. The van der Waals surface area contributed by atoms with E-state index in [2.05, 4.69) is 15.0 Å². The fourth-order valence-electron chi connectivity index (χ4n) is 3.52. The molecule has 0 saturated heterocycles. The number of ether oxygens (including phenoxy) is 1. The van der Waals surface area contributed by atoms with Gasteiger partial charge in [0, 0.05) is 38.3 Å². The zero-order valence-corrected chi connectivity index (χ0v) is 20.5. The number of hydroxylamine groups is 1. The van der Waals surface area contributed by atoms with Gasteiger partial charge in [-0.05, 0) is 45.5 Å². The first-order valence-electron chi connectivity index (χ1n) is 11.2. The van der Waals surface area contributed by atoms with Crippen molar-refractivity contribution in [2.45, 2.75) is 25.4 Å². The van der Waals surface area contributed by atoms with Gasteiger partial charge in [-0.2, -0.15) is 4.98 Å². The van der Waals surface area contributed by atoms with Gasteiger partial charge < -0.3 is 30.8 Å². The summed E-state index contributed by atoms with van der Waals surface area (Å²) in [5, 5.41) is 1.14. The lowest BCUT2D eigenvalue weighted by atomic mass is 10.0. The van der Waals surface area contributed by atoms with Gasteiger partial charge >= 0.3 is 5.91 Å². The summed E-state index contributed by atoms with van der Waals surface area (Å²) in [6.45, 7) is 1.04. The molecule has 35 heavy (non-hydrogen) atoms. The van der Waals surface area contributed by atoms with Gasteiger partial charge in [-0.3, -0.25) is 14.6 Å². The number of amides is 2. The van der Waals surface area contributed by atoms with Gasteiger partial charge in [-0.15, -0.1) is 5.06 Å². The molecule has 0 radical (unpaired) electrons. The summed E-state index contributed by atoms with van der Waals surface area (Å²) >= 11 is 0. The van der Waals surface area contributed by atoms with Crippen LogP contribution in [0, 0.1) is 0 Å². The molecule has 0 fully saturated rings. The number of nitrogens with two attached hydrogens (primary N) is 2. The number of carbonyl (C=O) groups is 2. The lowest BCUT2D eigenvalue weighted by Gasteiger charge is -2.32. The van der Waals surface area contributed by atoms with Crippen LogP contribution in [-0.4, -0.2) is 84.9 Å². The normalized spacial score (nSPS) is 14.8. The lowest BCUT2D eigenvalue weighted by molar-refractivity contribution is -0.131. The lowest BCUT2D eigenvalue weighted by Crippen LogP contribution is -2.48. The summed E-state index contributed by atoms with van der Waals surface area (Å²) in [7, 11) is 7.28. The zero-order valence-electron chi connectivity index (χ0n) is 20.5. The molecule has 1 aliphatic heterocycles. The molecule has 0 bridgehead atoms. The minimum absolute atomic E-state index is 0.0126. The van der Waals surface area contributed by atoms with Gasteiger partial charge in [-0.25, -0.2) is 4.98 Å². The van der Waals surface area contributed by atoms with Crippen LogP contribution in [0.3, 0.4) is 0 Å². The van der Waals surface area contributed by atoms with E-state index in [-0.39, 0.29) is 23.4 Å². The van der Waals surface area contributed by atoms with Gasteiger partial charge in [0.15, 0.2) is 23.5 Å². The molecule has 3 rings (SSSR count). The van der Waals surface area contributed by atoms with Crippen LogP contribution in [0.4, 0.5) is 5.69 Å². The maximum Gasteiger partial charge on any atom is 0.301 e. The Bertz CT molecular complexity index is 1080. The molecule has 2 amide bonds. The third-order valence-electron chi connectivity index (χ3n) is 5.29.